The van der Waals surface area contributed by atoms with Crippen molar-refractivity contribution in [2.24, 2.45) is 0 Å². The largest absolute Gasteiger partial charge is 0.417 e. The molecule has 0 amide bonds. The highest BCUT2D eigenvalue weighted by Crippen LogP contribution is 2.12. The van der Waals surface area contributed by atoms with E-state index in [1.807, 2.05) is 0 Å². The molecule has 0 aromatic carbocycles. The SMILES string of the molecule is CCCCCCC.c1cnc(Oc2cnccn2)cn1. The Morgan fingerprint density at radius 2 is 1.25 bits per heavy atom. The summed E-state index contributed by atoms with van der Waals surface area (Å²) in [6, 6.07) is 0. The Morgan fingerprint density at radius 3 is 1.60 bits per heavy atom. The minimum Gasteiger partial charge on any atom is -0.417 e. The Kier molecular flexibility index (Phi) is 8.68. The zero-order valence-corrected chi connectivity index (χ0v) is 12.2. The molecule has 20 heavy (non-hydrogen) atoms. The van der Waals surface area contributed by atoms with Crippen LogP contribution in [0.4, 0.5) is 0 Å². The second-order valence-electron chi connectivity index (χ2n) is 4.25. The van der Waals surface area contributed by atoms with Gasteiger partial charge in [0.15, 0.2) is 0 Å². The minimum atomic E-state index is 0.406. The molecule has 0 radical (unpaired) electrons. The fraction of sp³-hybridized carbons (Fsp3) is 0.467. The maximum atomic E-state index is 5.23. The van der Waals surface area contributed by atoms with Crippen molar-refractivity contribution in [3.63, 3.8) is 0 Å². The molecule has 2 aromatic rings. The lowest BCUT2D eigenvalue weighted by molar-refractivity contribution is 0.439. The van der Waals surface area contributed by atoms with E-state index in [2.05, 4.69) is 33.8 Å². The van der Waals surface area contributed by atoms with Gasteiger partial charge in [-0.2, -0.15) is 0 Å². The van der Waals surface area contributed by atoms with Gasteiger partial charge >= 0.3 is 0 Å². The number of rotatable bonds is 6. The van der Waals surface area contributed by atoms with Crippen LogP contribution in [-0.4, -0.2) is 19.9 Å². The number of nitrogens with zero attached hydrogens (tertiary/aromatic N) is 4. The van der Waals surface area contributed by atoms with Crippen LogP contribution >= 0.6 is 0 Å². The molecule has 0 aliphatic heterocycles. The molecule has 0 atom stereocenters. The zero-order chi connectivity index (χ0) is 14.5. The Bertz CT molecular complexity index is 395. The second-order valence-corrected chi connectivity index (χ2v) is 4.25. The van der Waals surface area contributed by atoms with Crippen molar-refractivity contribution in [1.29, 1.82) is 0 Å². The molecule has 0 aliphatic carbocycles. The zero-order valence-electron chi connectivity index (χ0n) is 12.2. The Labute approximate surface area is 120 Å². The highest BCUT2D eigenvalue weighted by molar-refractivity contribution is 5.12. The molecule has 0 saturated heterocycles. The van der Waals surface area contributed by atoms with Crippen LogP contribution in [0.5, 0.6) is 11.8 Å². The lowest BCUT2D eigenvalue weighted by atomic mass is 10.2. The van der Waals surface area contributed by atoms with E-state index in [1.54, 1.807) is 24.8 Å². The van der Waals surface area contributed by atoms with Gasteiger partial charge in [0.25, 0.3) is 0 Å². The summed E-state index contributed by atoms with van der Waals surface area (Å²) in [5, 5.41) is 0. The third-order valence-electron chi connectivity index (χ3n) is 2.50. The first-order valence-corrected chi connectivity index (χ1v) is 7.06. The first kappa shape index (κ1) is 16.0. The summed E-state index contributed by atoms with van der Waals surface area (Å²) < 4.78 is 5.23. The average Bonchev–Trinajstić information content (AvgIpc) is 2.51. The van der Waals surface area contributed by atoms with Gasteiger partial charge in [0.05, 0.1) is 12.4 Å². The van der Waals surface area contributed by atoms with Crippen molar-refractivity contribution in [1.82, 2.24) is 19.9 Å². The van der Waals surface area contributed by atoms with Crippen molar-refractivity contribution in [3.8, 4) is 11.8 Å². The monoisotopic (exact) mass is 274 g/mol. The van der Waals surface area contributed by atoms with Crippen LogP contribution in [0.1, 0.15) is 46.0 Å². The van der Waals surface area contributed by atoms with Gasteiger partial charge in [0.2, 0.25) is 11.8 Å². The van der Waals surface area contributed by atoms with Crippen LogP contribution in [0.25, 0.3) is 0 Å². The van der Waals surface area contributed by atoms with Crippen LogP contribution in [0.15, 0.2) is 37.2 Å². The molecule has 0 N–H and O–H groups in total. The Hall–Kier alpha value is -2.04. The molecule has 108 valence electrons. The fourth-order valence-electron chi connectivity index (χ4n) is 1.46. The molecule has 0 bridgehead atoms. The molecule has 0 saturated carbocycles. The summed E-state index contributed by atoms with van der Waals surface area (Å²) in [4.78, 5) is 15.5. The topological polar surface area (TPSA) is 60.8 Å². The molecular formula is C15H22N4O. The van der Waals surface area contributed by atoms with Crippen molar-refractivity contribution in [2.45, 2.75) is 46.0 Å². The summed E-state index contributed by atoms with van der Waals surface area (Å²) in [6.07, 6.45) is 16.3. The van der Waals surface area contributed by atoms with E-state index in [9.17, 15) is 0 Å². The Balaban J connectivity index is 0.000000246. The van der Waals surface area contributed by atoms with E-state index in [0.717, 1.165) is 0 Å². The van der Waals surface area contributed by atoms with Gasteiger partial charge in [-0.25, -0.2) is 9.97 Å². The smallest absolute Gasteiger partial charge is 0.239 e. The van der Waals surface area contributed by atoms with Crippen LogP contribution < -0.4 is 4.74 Å². The number of unbranched alkanes of at least 4 members (excludes halogenated alkanes) is 4. The first-order valence-electron chi connectivity index (χ1n) is 7.06. The van der Waals surface area contributed by atoms with E-state index >= 15 is 0 Å². The molecule has 5 heteroatoms. The molecule has 0 spiro atoms. The van der Waals surface area contributed by atoms with E-state index in [0.29, 0.717) is 11.8 Å². The van der Waals surface area contributed by atoms with Crippen LogP contribution in [-0.2, 0) is 0 Å². The highest BCUT2D eigenvalue weighted by Gasteiger charge is 1.97. The van der Waals surface area contributed by atoms with E-state index in [4.69, 9.17) is 4.74 Å². The maximum absolute atomic E-state index is 5.23. The van der Waals surface area contributed by atoms with Crippen LogP contribution in [0.2, 0.25) is 0 Å². The minimum absolute atomic E-state index is 0.406. The van der Waals surface area contributed by atoms with Gasteiger partial charge in [0.1, 0.15) is 0 Å². The van der Waals surface area contributed by atoms with Gasteiger partial charge in [-0.15, -0.1) is 0 Å². The van der Waals surface area contributed by atoms with E-state index in [-0.39, 0.29) is 0 Å². The van der Waals surface area contributed by atoms with Crippen molar-refractivity contribution >= 4 is 0 Å². The van der Waals surface area contributed by atoms with Gasteiger partial charge in [0, 0.05) is 24.8 Å². The molecule has 5 nitrogen and oxygen atoms in total. The van der Waals surface area contributed by atoms with Gasteiger partial charge in [-0.3, -0.25) is 9.97 Å². The quantitative estimate of drug-likeness (QED) is 0.744. The van der Waals surface area contributed by atoms with Gasteiger partial charge in [-0.1, -0.05) is 46.0 Å². The van der Waals surface area contributed by atoms with Crippen molar-refractivity contribution in [2.75, 3.05) is 0 Å². The molecule has 2 rings (SSSR count). The van der Waals surface area contributed by atoms with E-state index < -0.39 is 0 Å². The predicted octanol–water partition coefficient (Wildman–Crippen LogP) is 4.04. The molecule has 2 heterocycles. The standard InChI is InChI=1S/C8H6N4O.C7H16/c1-3-11-7(5-9-1)13-8-6-10-2-4-12-8;1-3-5-7-6-4-2/h1-6H;3-7H2,1-2H3. The van der Waals surface area contributed by atoms with Crippen LogP contribution in [0.3, 0.4) is 0 Å². The molecule has 0 unspecified atom stereocenters. The summed E-state index contributed by atoms with van der Waals surface area (Å²) >= 11 is 0. The number of aromatic nitrogens is 4. The van der Waals surface area contributed by atoms with Crippen molar-refractivity contribution in [3.05, 3.63) is 37.2 Å². The van der Waals surface area contributed by atoms with Crippen LogP contribution in [0, 0.1) is 0 Å². The summed E-state index contributed by atoms with van der Waals surface area (Å²) in [5.74, 6) is 0.811. The second kappa shape index (κ2) is 10.8. The maximum Gasteiger partial charge on any atom is 0.239 e. The molecule has 0 fully saturated rings. The third kappa shape index (κ3) is 7.41. The molecular weight excluding hydrogens is 252 g/mol. The molecule has 0 aliphatic rings. The number of ether oxygens (including phenoxy) is 1. The fourth-order valence-corrected chi connectivity index (χ4v) is 1.46. The Morgan fingerprint density at radius 1 is 0.750 bits per heavy atom. The third-order valence-corrected chi connectivity index (χ3v) is 2.50. The van der Waals surface area contributed by atoms with E-state index in [1.165, 1.54) is 44.5 Å². The molecule has 2 aromatic heterocycles. The van der Waals surface area contributed by atoms with Gasteiger partial charge < -0.3 is 4.74 Å². The summed E-state index contributed by atoms with van der Waals surface area (Å²) in [5.41, 5.74) is 0. The van der Waals surface area contributed by atoms with Crippen molar-refractivity contribution < 1.29 is 4.74 Å². The summed E-state index contributed by atoms with van der Waals surface area (Å²) in [7, 11) is 0. The summed E-state index contributed by atoms with van der Waals surface area (Å²) in [6.45, 7) is 4.49. The first-order chi connectivity index (χ1) is 9.86. The number of hydrogen-bond donors (Lipinski definition) is 0. The predicted molar refractivity (Wildman–Crippen MR) is 78.6 cm³/mol. The highest BCUT2D eigenvalue weighted by atomic mass is 16.5. The normalized spacial score (nSPS) is 9.50. The van der Waals surface area contributed by atoms with Gasteiger partial charge in [-0.05, 0) is 0 Å². The number of hydrogen-bond acceptors (Lipinski definition) is 5. The average molecular weight is 274 g/mol. The lowest BCUT2D eigenvalue weighted by Crippen LogP contribution is -1.90. The lowest BCUT2D eigenvalue weighted by Gasteiger charge is -1.99.